The molecule has 170 valence electrons. The van der Waals surface area contributed by atoms with Crippen LogP contribution in [0.3, 0.4) is 0 Å². The number of nitrogens with two attached hydrogens (primary N) is 1. The van der Waals surface area contributed by atoms with Gasteiger partial charge in [-0.25, -0.2) is 8.42 Å². The number of nitrogens with zero attached hydrogens (tertiary/aromatic N) is 5. The average molecular weight is 460 g/mol. The topological polar surface area (TPSA) is 149 Å². The zero-order valence-electron chi connectivity index (χ0n) is 18.1. The Balaban J connectivity index is 1.81. The number of rotatable bonds is 4. The maximum Gasteiger partial charge on any atom is 0.272 e. The van der Waals surface area contributed by atoms with Gasteiger partial charge in [0.15, 0.2) is 15.7 Å². The lowest BCUT2D eigenvalue weighted by Gasteiger charge is -2.26. The van der Waals surface area contributed by atoms with Gasteiger partial charge in [0.2, 0.25) is 0 Å². The predicted molar refractivity (Wildman–Crippen MR) is 122 cm³/mol. The van der Waals surface area contributed by atoms with Gasteiger partial charge >= 0.3 is 0 Å². The van der Waals surface area contributed by atoms with Gasteiger partial charge in [-0.1, -0.05) is 20.4 Å². The maximum absolute atomic E-state index is 13.0. The van der Waals surface area contributed by atoms with E-state index < -0.39 is 9.84 Å². The highest BCUT2D eigenvalue weighted by molar-refractivity contribution is 7.91. The second kappa shape index (κ2) is 7.62. The molecule has 1 aliphatic rings. The fourth-order valence-electron chi connectivity index (χ4n) is 3.70. The molecular formula is C20H25N7O4S. The van der Waals surface area contributed by atoms with Gasteiger partial charge < -0.3 is 10.6 Å². The minimum Gasteiger partial charge on any atom is -0.382 e. The van der Waals surface area contributed by atoms with Gasteiger partial charge in [0.1, 0.15) is 11.1 Å². The van der Waals surface area contributed by atoms with E-state index in [1.165, 1.54) is 14.1 Å². The average Bonchev–Trinajstić information content (AvgIpc) is 3.30. The summed E-state index contributed by atoms with van der Waals surface area (Å²) in [4.78, 5) is 27.5. The van der Waals surface area contributed by atoms with E-state index in [1.54, 1.807) is 19.3 Å². The van der Waals surface area contributed by atoms with E-state index in [0.717, 1.165) is 0 Å². The Kier molecular flexibility index (Phi) is 5.19. The van der Waals surface area contributed by atoms with Crippen molar-refractivity contribution in [1.82, 2.24) is 29.4 Å². The normalized spacial score (nSPS) is 16.1. The number of pyridine rings is 1. The molecule has 11 nitrogen and oxygen atoms in total. The minimum absolute atomic E-state index is 0.00220. The number of nitrogens with one attached hydrogen (secondary N) is 1. The van der Waals surface area contributed by atoms with Gasteiger partial charge in [0, 0.05) is 37.6 Å². The molecule has 3 N–H and O–H groups in total. The molecule has 1 amide bonds. The quantitative estimate of drug-likeness (QED) is 0.583. The van der Waals surface area contributed by atoms with Gasteiger partial charge in [-0.15, -0.1) is 0 Å². The molecule has 0 aromatic carbocycles. The van der Waals surface area contributed by atoms with Crippen molar-refractivity contribution in [2.75, 3.05) is 30.3 Å². The van der Waals surface area contributed by atoms with Crippen LogP contribution >= 0.6 is 0 Å². The molecule has 1 saturated heterocycles. The van der Waals surface area contributed by atoms with E-state index in [2.05, 4.69) is 21.9 Å². The van der Waals surface area contributed by atoms with E-state index >= 15 is 0 Å². The Bertz CT molecular complexity index is 1400. The fraction of sp³-hybridized carbons (Fsp3) is 0.400. The van der Waals surface area contributed by atoms with Crippen LogP contribution < -0.4 is 11.3 Å². The Morgan fingerprint density at radius 2 is 1.94 bits per heavy atom. The summed E-state index contributed by atoms with van der Waals surface area (Å²) < 4.78 is 26.3. The van der Waals surface area contributed by atoms with Crippen molar-refractivity contribution in [3.63, 3.8) is 0 Å². The van der Waals surface area contributed by atoms with E-state index in [-0.39, 0.29) is 53.2 Å². The Morgan fingerprint density at radius 1 is 1.28 bits per heavy atom. The van der Waals surface area contributed by atoms with Crippen LogP contribution in [-0.4, -0.2) is 68.4 Å². The summed E-state index contributed by atoms with van der Waals surface area (Å²) >= 11 is 0. The van der Waals surface area contributed by atoms with Crippen molar-refractivity contribution in [1.29, 1.82) is 0 Å². The van der Waals surface area contributed by atoms with Crippen molar-refractivity contribution in [2.45, 2.75) is 13.8 Å². The Hall–Kier alpha value is -3.41. The lowest BCUT2D eigenvalue weighted by molar-refractivity contribution is 0.0759. The SMILES string of the molecule is C=C(C(C)C)n1cc(-c2cc(C(=O)N3CCS(=O)(=O)CC3)n(C)n2)c2[nH]nc(N)c2c1=O. The maximum atomic E-state index is 13.0. The number of amides is 1. The number of H-pyrrole nitrogens is 1. The lowest BCUT2D eigenvalue weighted by atomic mass is 10.1. The standard InChI is InChI=1S/C20H25N7O4S/c1-11(2)12(3)27-10-13(17-16(20(27)29)18(21)23-22-17)14-9-15(25(4)24-14)19(28)26-5-7-32(30,31)8-6-26/h9-11H,3,5-8H2,1-2,4H3,(H3,21,22,23). The number of carbonyl (C=O) groups is 1. The molecule has 0 bridgehead atoms. The molecule has 0 atom stereocenters. The number of aromatic nitrogens is 5. The first-order valence-electron chi connectivity index (χ1n) is 10.1. The first kappa shape index (κ1) is 21.8. The summed E-state index contributed by atoms with van der Waals surface area (Å²) in [6.07, 6.45) is 1.62. The molecule has 12 heteroatoms. The molecule has 0 unspecified atom stereocenters. The molecule has 0 saturated carbocycles. The number of carbonyl (C=O) groups excluding carboxylic acids is 1. The fourth-order valence-corrected chi connectivity index (χ4v) is 4.90. The van der Waals surface area contributed by atoms with Crippen LogP contribution in [0.5, 0.6) is 0 Å². The third-order valence-electron chi connectivity index (χ3n) is 5.74. The van der Waals surface area contributed by atoms with Crippen molar-refractivity contribution in [2.24, 2.45) is 13.0 Å². The molecule has 0 spiro atoms. The van der Waals surface area contributed by atoms with E-state index in [9.17, 15) is 18.0 Å². The first-order chi connectivity index (χ1) is 15.0. The second-order valence-corrected chi connectivity index (χ2v) is 10.5. The Morgan fingerprint density at radius 3 is 2.56 bits per heavy atom. The zero-order chi connectivity index (χ0) is 23.4. The van der Waals surface area contributed by atoms with E-state index in [4.69, 9.17) is 5.73 Å². The third kappa shape index (κ3) is 3.60. The molecule has 3 aromatic rings. The monoisotopic (exact) mass is 459 g/mol. The van der Waals surface area contributed by atoms with Crippen molar-refractivity contribution >= 4 is 38.2 Å². The third-order valence-corrected chi connectivity index (χ3v) is 7.35. The smallest absolute Gasteiger partial charge is 0.272 e. The van der Waals surface area contributed by atoms with E-state index in [1.807, 2.05) is 13.8 Å². The molecule has 1 fully saturated rings. The highest BCUT2D eigenvalue weighted by Gasteiger charge is 2.28. The number of allylic oxidation sites excluding steroid dienone is 1. The first-order valence-corrected chi connectivity index (χ1v) is 11.9. The highest BCUT2D eigenvalue weighted by Crippen LogP contribution is 2.29. The number of aromatic amines is 1. The van der Waals surface area contributed by atoms with Gasteiger partial charge in [0.25, 0.3) is 11.5 Å². The number of sulfone groups is 1. The summed E-state index contributed by atoms with van der Waals surface area (Å²) in [5.74, 6) is -0.345. The molecule has 32 heavy (non-hydrogen) atoms. The second-order valence-electron chi connectivity index (χ2n) is 8.21. The number of nitrogen functional groups attached to an aromatic ring is 1. The van der Waals surface area contributed by atoms with E-state index in [0.29, 0.717) is 28.2 Å². The molecule has 4 heterocycles. The van der Waals surface area contributed by atoms with Crippen molar-refractivity contribution in [3.05, 3.63) is 34.9 Å². The summed E-state index contributed by atoms with van der Waals surface area (Å²) in [5, 5.41) is 11.5. The van der Waals surface area contributed by atoms with Crippen LogP contribution in [0.4, 0.5) is 5.82 Å². The van der Waals surface area contributed by atoms with Gasteiger partial charge in [-0.05, 0) is 12.0 Å². The zero-order valence-corrected chi connectivity index (χ0v) is 18.9. The number of hydrogen-bond donors (Lipinski definition) is 2. The lowest BCUT2D eigenvalue weighted by Crippen LogP contribution is -2.44. The summed E-state index contributed by atoms with van der Waals surface area (Å²) in [6.45, 7) is 8.15. The van der Waals surface area contributed by atoms with Gasteiger partial charge in [-0.2, -0.15) is 10.2 Å². The van der Waals surface area contributed by atoms with Crippen LogP contribution in [0.25, 0.3) is 27.9 Å². The molecular weight excluding hydrogens is 434 g/mol. The Labute approximate surface area is 184 Å². The molecule has 0 radical (unpaired) electrons. The van der Waals surface area contributed by atoms with Crippen LogP contribution in [0.15, 0.2) is 23.6 Å². The van der Waals surface area contributed by atoms with Crippen LogP contribution in [-0.2, 0) is 16.9 Å². The van der Waals surface area contributed by atoms with Crippen molar-refractivity contribution in [3.8, 4) is 11.3 Å². The molecule has 1 aliphatic heterocycles. The molecule has 3 aromatic heterocycles. The number of aryl methyl sites for hydroxylation is 1. The molecule has 0 aliphatic carbocycles. The van der Waals surface area contributed by atoms with Crippen molar-refractivity contribution < 1.29 is 13.2 Å². The summed E-state index contributed by atoms with van der Waals surface area (Å²) in [6, 6.07) is 1.62. The number of fused-ring (bicyclic) bond motifs is 1. The number of anilines is 1. The highest BCUT2D eigenvalue weighted by atomic mass is 32.2. The van der Waals surface area contributed by atoms with Crippen LogP contribution in [0.1, 0.15) is 24.3 Å². The van der Waals surface area contributed by atoms with Crippen LogP contribution in [0, 0.1) is 5.92 Å². The largest absolute Gasteiger partial charge is 0.382 e. The van der Waals surface area contributed by atoms with Gasteiger partial charge in [0.05, 0.1) is 22.7 Å². The summed E-state index contributed by atoms with van der Waals surface area (Å²) in [5.41, 5.74) is 7.91. The van der Waals surface area contributed by atoms with Crippen LogP contribution in [0.2, 0.25) is 0 Å². The molecule has 4 rings (SSSR count). The summed E-state index contributed by atoms with van der Waals surface area (Å²) in [7, 11) is -1.47. The number of hydrogen-bond acceptors (Lipinski definition) is 7. The predicted octanol–water partition coefficient (Wildman–Crippen LogP) is 0.705. The van der Waals surface area contributed by atoms with Gasteiger partial charge in [-0.3, -0.25) is 23.9 Å². The minimum atomic E-state index is -3.11.